The topological polar surface area (TPSA) is 73.6 Å². The molecule has 1 aliphatic rings. The number of nitriles is 1. The van der Waals surface area contributed by atoms with Crippen molar-refractivity contribution in [1.82, 2.24) is 4.90 Å². The quantitative estimate of drug-likeness (QED) is 0.894. The average Bonchev–Trinajstić information content (AvgIpc) is 2.40. The molecule has 1 aromatic carbocycles. The molecular formula is C15H18N2O3. The van der Waals surface area contributed by atoms with Crippen molar-refractivity contribution in [3.63, 3.8) is 0 Å². The molecule has 1 unspecified atom stereocenters. The number of rotatable bonds is 4. The second-order valence-corrected chi connectivity index (χ2v) is 5.29. The van der Waals surface area contributed by atoms with Crippen LogP contribution in [0.3, 0.4) is 0 Å². The van der Waals surface area contributed by atoms with Crippen molar-refractivity contribution in [2.45, 2.75) is 26.1 Å². The van der Waals surface area contributed by atoms with E-state index in [-0.39, 0.29) is 11.8 Å². The number of likely N-dealkylation sites (tertiary alicyclic amines) is 1. The molecule has 0 saturated carbocycles. The summed E-state index contributed by atoms with van der Waals surface area (Å²) in [7, 11) is 0. The fourth-order valence-electron chi connectivity index (χ4n) is 2.09. The molecular weight excluding hydrogens is 256 g/mol. The van der Waals surface area contributed by atoms with E-state index in [1.165, 1.54) is 0 Å². The first kappa shape index (κ1) is 14.4. The molecule has 1 aliphatic heterocycles. The fourth-order valence-corrected chi connectivity index (χ4v) is 2.09. The van der Waals surface area contributed by atoms with E-state index in [0.29, 0.717) is 24.4 Å². The lowest BCUT2D eigenvalue weighted by atomic mass is 10.0. The van der Waals surface area contributed by atoms with Crippen molar-refractivity contribution in [2.75, 3.05) is 13.1 Å². The van der Waals surface area contributed by atoms with Crippen molar-refractivity contribution in [2.24, 2.45) is 5.92 Å². The SMILES string of the molecule is CC(C)C(Oc1ccccc1C#N)C(=O)N1CC(O)C1. The summed E-state index contributed by atoms with van der Waals surface area (Å²) in [4.78, 5) is 13.9. The second-order valence-electron chi connectivity index (χ2n) is 5.29. The van der Waals surface area contributed by atoms with Crippen LogP contribution < -0.4 is 4.74 Å². The number of aliphatic hydroxyl groups excluding tert-OH is 1. The van der Waals surface area contributed by atoms with Gasteiger partial charge in [0.05, 0.1) is 11.7 Å². The normalized spacial score (nSPS) is 16.4. The summed E-state index contributed by atoms with van der Waals surface area (Å²) in [6.45, 7) is 4.50. The maximum absolute atomic E-state index is 12.3. The number of hydrogen-bond acceptors (Lipinski definition) is 4. The van der Waals surface area contributed by atoms with Crippen LogP contribution >= 0.6 is 0 Å². The number of para-hydroxylation sites is 1. The molecule has 1 atom stereocenters. The molecule has 0 radical (unpaired) electrons. The third-order valence-electron chi connectivity index (χ3n) is 3.28. The molecule has 1 saturated heterocycles. The molecule has 1 fully saturated rings. The summed E-state index contributed by atoms with van der Waals surface area (Å²) in [5.74, 6) is 0.258. The van der Waals surface area contributed by atoms with Gasteiger partial charge in [-0.25, -0.2) is 0 Å². The Morgan fingerprint density at radius 3 is 2.65 bits per heavy atom. The lowest BCUT2D eigenvalue weighted by molar-refractivity contribution is -0.150. The number of hydrogen-bond donors (Lipinski definition) is 1. The third kappa shape index (κ3) is 2.91. The lowest BCUT2D eigenvalue weighted by Crippen LogP contribution is -2.58. The zero-order valence-electron chi connectivity index (χ0n) is 11.6. The smallest absolute Gasteiger partial charge is 0.264 e. The number of aliphatic hydroxyl groups is 1. The van der Waals surface area contributed by atoms with Gasteiger partial charge in [0.15, 0.2) is 6.10 Å². The second kappa shape index (κ2) is 5.93. The predicted molar refractivity (Wildman–Crippen MR) is 73.0 cm³/mol. The maximum Gasteiger partial charge on any atom is 0.264 e. The third-order valence-corrected chi connectivity index (χ3v) is 3.28. The van der Waals surface area contributed by atoms with Crippen LogP contribution in [0, 0.1) is 17.2 Å². The van der Waals surface area contributed by atoms with Crippen LogP contribution in [-0.2, 0) is 4.79 Å². The fraction of sp³-hybridized carbons (Fsp3) is 0.467. The monoisotopic (exact) mass is 274 g/mol. The first-order valence-electron chi connectivity index (χ1n) is 6.65. The van der Waals surface area contributed by atoms with E-state index in [4.69, 9.17) is 10.00 Å². The first-order valence-corrected chi connectivity index (χ1v) is 6.65. The summed E-state index contributed by atoms with van der Waals surface area (Å²) in [5.41, 5.74) is 0.412. The molecule has 0 spiro atoms. The van der Waals surface area contributed by atoms with Crippen LogP contribution in [0.2, 0.25) is 0 Å². The van der Waals surface area contributed by atoms with Crippen molar-refractivity contribution < 1.29 is 14.6 Å². The first-order chi connectivity index (χ1) is 9.52. The van der Waals surface area contributed by atoms with E-state index in [1.807, 2.05) is 13.8 Å². The zero-order valence-corrected chi connectivity index (χ0v) is 11.6. The van der Waals surface area contributed by atoms with Gasteiger partial charge >= 0.3 is 0 Å². The number of nitrogens with zero attached hydrogens (tertiary/aromatic N) is 2. The van der Waals surface area contributed by atoms with E-state index < -0.39 is 12.2 Å². The Kier molecular flexibility index (Phi) is 4.26. The largest absolute Gasteiger partial charge is 0.479 e. The van der Waals surface area contributed by atoms with Gasteiger partial charge in [-0.3, -0.25) is 4.79 Å². The van der Waals surface area contributed by atoms with Crippen LogP contribution in [-0.4, -0.2) is 41.2 Å². The minimum Gasteiger partial charge on any atom is -0.479 e. The summed E-state index contributed by atoms with van der Waals surface area (Å²) in [5, 5.41) is 18.3. The summed E-state index contributed by atoms with van der Waals surface area (Å²) in [6, 6.07) is 8.92. The molecule has 5 nitrogen and oxygen atoms in total. The van der Waals surface area contributed by atoms with Crippen LogP contribution in [0.4, 0.5) is 0 Å². The summed E-state index contributed by atoms with van der Waals surface area (Å²) < 4.78 is 5.76. The van der Waals surface area contributed by atoms with Gasteiger partial charge < -0.3 is 14.7 Å². The molecule has 20 heavy (non-hydrogen) atoms. The molecule has 0 aromatic heterocycles. The van der Waals surface area contributed by atoms with Crippen molar-refractivity contribution in [3.8, 4) is 11.8 Å². The van der Waals surface area contributed by atoms with E-state index in [1.54, 1.807) is 29.2 Å². The number of carbonyl (C=O) groups excluding carboxylic acids is 1. The number of β-amino-alcohol motifs (C(OH)–C–C–N with tert-alkyl or cyclic N) is 1. The van der Waals surface area contributed by atoms with Gasteiger partial charge in [0, 0.05) is 13.1 Å². The van der Waals surface area contributed by atoms with Crippen molar-refractivity contribution >= 4 is 5.91 Å². The molecule has 1 N–H and O–H groups in total. The molecule has 1 amide bonds. The molecule has 1 aromatic rings. The van der Waals surface area contributed by atoms with Gasteiger partial charge in [0.2, 0.25) is 0 Å². The molecule has 106 valence electrons. The predicted octanol–water partition coefficient (Wildman–Crippen LogP) is 1.16. The number of benzene rings is 1. The van der Waals surface area contributed by atoms with Crippen molar-refractivity contribution in [1.29, 1.82) is 5.26 Å². The highest BCUT2D eigenvalue weighted by Gasteiger charge is 2.36. The number of amides is 1. The highest BCUT2D eigenvalue weighted by Crippen LogP contribution is 2.23. The number of carbonyl (C=O) groups is 1. The highest BCUT2D eigenvalue weighted by molar-refractivity contribution is 5.82. The molecule has 2 rings (SSSR count). The van der Waals surface area contributed by atoms with E-state index in [2.05, 4.69) is 6.07 Å². The minimum atomic E-state index is -0.642. The summed E-state index contributed by atoms with van der Waals surface area (Å²) >= 11 is 0. The standard InChI is InChI=1S/C15H18N2O3/c1-10(2)14(15(19)17-8-12(18)9-17)20-13-6-4-3-5-11(13)7-16/h3-6,10,12,14,18H,8-9H2,1-2H3. The van der Waals surface area contributed by atoms with Crippen LogP contribution in [0.15, 0.2) is 24.3 Å². The minimum absolute atomic E-state index is 0.0213. The van der Waals surface area contributed by atoms with E-state index in [0.717, 1.165) is 0 Å². The molecule has 0 bridgehead atoms. The van der Waals surface area contributed by atoms with Gasteiger partial charge in [-0.1, -0.05) is 26.0 Å². The van der Waals surface area contributed by atoms with Crippen molar-refractivity contribution in [3.05, 3.63) is 29.8 Å². The Balaban J connectivity index is 2.14. The van der Waals surface area contributed by atoms with E-state index in [9.17, 15) is 9.90 Å². The van der Waals surface area contributed by atoms with Gasteiger partial charge in [-0.05, 0) is 18.1 Å². The lowest BCUT2D eigenvalue weighted by Gasteiger charge is -2.38. The van der Waals surface area contributed by atoms with Gasteiger partial charge in [0.1, 0.15) is 11.8 Å². The Labute approximate surface area is 118 Å². The number of ether oxygens (including phenoxy) is 1. The highest BCUT2D eigenvalue weighted by atomic mass is 16.5. The summed E-state index contributed by atoms with van der Waals surface area (Å²) in [6.07, 6.45) is -1.07. The Hall–Kier alpha value is -2.06. The van der Waals surface area contributed by atoms with Gasteiger partial charge in [-0.15, -0.1) is 0 Å². The zero-order chi connectivity index (χ0) is 14.7. The molecule has 1 heterocycles. The molecule has 5 heteroatoms. The van der Waals surface area contributed by atoms with Gasteiger partial charge in [-0.2, -0.15) is 5.26 Å². The molecule has 0 aliphatic carbocycles. The van der Waals surface area contributed by atoms with Crippen LogP contribution in [0.5, 0.6) is 5.75 Å². The van der Waals surface area contributed by atoms with Crippen LogP contribution in [0.25, 0.3) is 0 Å². The average molecular weight is 274 g/mol. The Morgan fingerprint density at radius 1 is 1.45 bits per heavy atom. The van der Waals surface area contributed by atoms with E-state index >= 15 is 0 Å². The van der Waals surface area contributed by atoms with Crippen LogP contribution in [0.1, 0.15) is 19.4 Å². The Bertz CT molecular complexity index is 530. The van der Waals surface area contributed by atoms with Gasteiger partial charge in [0.25, 0.3) is 5.91 Å². The maximum atomic E-state index is 12.3. The Morgan fingerprint density at radius 2 is 2.10 bits per heavy atom.